The highest BCUT2D eigenvalue weighted by Crippen LogP contribution is 2.28. The van der Waals surface area contributed by atoms with Gasteiger partial charge in [0.1, 0.15) is 11.6 Å². The van der Waals surface area contributed by atoms with Gasteiger partial charge in [-0.25, -0.2) is 4.79 Å². The first-order valence-electron chi connectivity index (χ1n) is 9.23. The third-order valence-electron chi connectivity index (χ3n) is 3.58. The number of carbonyl (C=O) groups is 2. The van der Waals surface area contributed by atoms with Crippen LogP contribution in [0.2, 0.25) is 0 Å². The molecule has 2 N–H and O–H groups in total. The van der Waals surface area contributed by atoms with Gasteiger partial charge in [-0.3, -0.25) is 4.79 Å². The number of hydrogen-bond acceptors (Lipinski definition) is 5. The van der Waals surface area contributed by atoms with E-state index in [2.05, 4.69) is 17.6 Å². The zero-order valence-electron chi connectivity index (χ0n) is 17.2. The van der Waals surface area contributed by atoms with Crippen molar-refractivity contribution in [1.29, 1.82) is 0 Å². The molecule has 7 heteroatoms. The number of carbonyl (C=O) groups excluding carboxylic acids is 2. The molecule has 0 radical (unpaired) electrons. The second-order valence-electron chi connectivity index (χ2n) is 7.27. The molecule has 0 bridgehead atoms. The van der Waals surface area contributed by atoms with Crippen molar-refractivity contribution in [1.82, 2.24) is 10.6 Å². The van der Waals surface area contributed by atoms with Crippen LogP contribution < -0.4 is 20.1 Å². The van der Waals surface area contributed by atoms with E-state index in [-0.39, 0.29) is 5.91 Å². The molecule has 0 aliphatic heterocycles. The Kier molecular flexibility index (Phi) is 8.91. The lowest BCUT2D eigenvalue weighted by atomic mass is 10.2. The Bertz CT molecular complexity index is 625. The molecule has 0 heterocycles. The first kappa shape index (κ1) is 22.6. The molecule has 1 aromatic carbocycles. The maximum atomic E-state index is 12.2. The van der Waals surface area contributed by atoms with Gasteiger partial charge < -0.3 is 24.8 Å². The van der Waals surface area contributed by atoms with E-state index in [1.165, 1.54) is 0 Å². The van der Waals surface area contributed by atoms with Gasteiger partial charge in [-0.05, 0) is 51.8 Å². The standard InChI is InChI=1S/C20H32N2O5/c1-7-8-11-26-16-10-9-15(12-17(16)25-6)13-21-18(23)14(2)22-19(24)27-20(3,4)5/h9-10,12,14H,7-8,11,13H2,1-6H3,(H,21,23)(H,22,24). The molecule has 1 rings (SSSR count). The lowest BCUT2D eigenvalue weighted by molar-refractivity contribution is -0.122. The first-order chi connectivity index (χ1) is 12.7. The summed E-state index contributed by atoms with van der Waals surface area (Å²) in [6, 6.07) is 4.82. The summed E-state index contributed by atoms with van der Waals surface area (Å²) in [6.07, 6.45) is 1.41. The van der Waals surface area contributed by atoms with Crippen LogP contribution in [0.25, 0.3) is 0 Å². The first-order valence-corrected chi connectivity index (χ1v) is 9.23. The molecule has 1 unspecified atom stereocenters. The normalized spacial score (nSPS) is 12.1. The fourth-order valence-electron chi connectivity index (χ4n) is 2.16. The predicted octanol–water partition coefficient (Wildman–Crippen LogP) is 3.40. The third kappa shape index (κ3) is 8.66. The average Bonchev–Trinajstić information content (AvgIpc) is 2.58. The second kappa shape index (κ2) is 10.6. The summed E-state index contributed by atoms with van der Waals surface area (Å²) < 4.78 is 16.2. The Morgan fingerprint density at radius 3 is 2.48 bits per heavy atom. The average molecular weight is 380 g/mol. The highest BCUT2D eigenvalue weighted by molar-refractivity contribution is 5.85. The minimum absolute atomic E-state index is 0.303. The third-order valence-corrected chi connectivity index (χ3v) is 3.58. The van der Waals surface area contributed by atoms with Gasteiger partial charge in [0, 0.05) is 6.54 Å². The molecule has 1 aromatic rings. The van der Waals surface area contributed by atoms with Crippen LogP contribution in [-0.4, -0.2) is 37.4 Å². The number of hydrogen-bond donors (Lipinski definition) is 2. The summed E-state index contributed by atoms with van der Waals surface area (Å²) in [6.45, 7) is 9.94. The molecule has 7 nitrogen and oxygen atoms in total. The van der Waals surface area contributed by atoms with Gasteiger partial charge in [-0.15, -0.1) is 0 Å². The fourth-order valence-corrected chi connectivity index (χ4v) is 2.16. The number of nitrogens with one attached hydrogen (secondary N) is 2. The number of amides is 2. The molecule has 0 spiro atoms. The van der Waals surface area contributed by atoms with E-state index in [0.29, 0.717) is 24.7 Å². The van der Waals surface area contributed by atoms with Crippen molar-refractivity contribution in [2.45, 2.75) is 65.6 Å². The van der Waals surface area contributed by atoms with E-state index in [1.54, 1.807) is 34.8 Å². The largest absolute Gasteiger partial charge is 0.493 e. The lowest BCUT2D eigenvalue weighted by Crippen LogP contribution is -2.46. The monoisotopic (exact) mass is 380 g/mol. The molecule has 0 saturated heterocycles. The number of methoxy groups -OCH3 is 1. The molecule has 2 amide bonds. The summed E-state index contributed by atoms with van der Waals surface area (Å²) in [5.74, 6) is 1.00. The molecular weight excluding hydrogens is 348 g/mol. The number of alkyl carbamates (subject to hydrolysis) is 1. The van der Waals surface area contributed by atoms with Crippen molar-refractivity contribution in [3.8, 4) is 11.5 Å². The Morgan fingerprint density at radius 1 is 1.19 bits per heavy atom. The van der Waals surface area contributed by atoms with Crippen molar-refractivity contribution in [2.24, 2.45) is 0 Å². The Hall–Kier alpha value is -2.44. The molecule has 27 heavy (non-hydrogen) atoms. The molecule has 0 aliphatic carbocycles. The molecule has 0 aromatic heterocycles. The van der Waals surface area contributed by atoms with Gasteiger partial charge >= 0.3 is 6.09 Å². The topological polar surface area (TPSA) is 85.9 Å². The van der Waals surface area contributed by atoms with Gasteiger partial charge in [0.25, 0.3) is 0 Å². The van der Waals surface area contributed by atoms with E-state index in [9.17, 15) is 9.59 Å². The summed E-state index contributed by atoms with van der Waals surface area (Å²) in [4.78, 5) is 23.9. The minimum atomic E-state index is -0.710. The van der Waals surface area contributed by atoms with Gasteiger partial charge in [0.15, 0.2) is 11.5 Å². The number of benzene rings is 1. The van der Waals surface area contributed by atoms with Gasteiger partial charge in [0.2, 0.25) is 5.91 Å². The minimum Gasteiger partial charge on any atom is -0.493 e. The SMILES string of the molecule is CCCCOc1ccc(CNC(=O)C(C)NC(=O)OC(C)(C)C)cc1OC. The van der Waals surface area contributed by atoms with Crippen molar-refractivity contribution < 1.29 is 23.8 Å². The summed E-state index contributed by atoms with van der Waals surface area (Å²) in [5, 5.41) is 5.30. The van der Waals surface area contributed by atoms with Crippen LogP contribution in [0.4, 0.5) is 4.79 Å². The van der Waals surface area contributed by atoms with Gasteiger partial charge in [-0.2, -0.15) is 0 Å². The zero-order chi connectivity index (χ0) is 20.4. The highest BCUT2D eigenvalue weighted by Gasteiger charge is 2.20. The molecule has 1 atom stereocenters. The van der Waals surface area contributed by atoms with Crippen molar-refractivity contribution >= 4 is 12.0 Å². The molecular formula is C20H32N2O5. The molecule has 152 valence electrons. The van der Waals surface area contributed by atoms with Gasteiger partial charge in [0.05, 0.1) is 13.7 Å². The number of ether oxygens (including phenoxy) is 3. The Labute approximate surface area is 161 Å². The van der Waals surface area contributed by atoms with Crippen molar-refractivity contribution in [2.75, 3.05) is 13.7 Å². The van der Waals surface area contributed by atoms with Crippen molar-refractivity contribution in [3.05, 3.63) is 23.8 Å². The summed E-state index contributed by atoms with van der Waals surface area (Å²) in [7, 11) is 1.58. The highest BCUT2D eigenvalue weighted by atomic mass is 16.6. The second-order valence-corrected chi connectivity index (χ2v) is 7.27. The van der Waals surface area contributed by atoms with Crippen LogP contribution in [0.5, 0.6) is 11.5 Å². The van der Waals surface area contributed by atoms with Crippen LogP contribution >= 0.6 is 0 Å². The van der Waals surface area contributed by atoms with E-state index in [4.69, 9.17) is 14.2 Å². The van der Waals surface area contributed by atoms with E-state index >= 15 is 0 Å². The molecule has 0 saturated carbocycles. The van der Waals surface area contributed by atoms with Crippen molar-refractivity contribution in [3.63, 3.8) is 0 Å². The summed E-state index contributed by atoms with van der Waals surface area (Å²) >= 11 is 0. The Balaban J connectivity index is 2.56. The van der Waals surface area contributed by atoms with Crippen LogP contribution in [0.15, 0.2) is 18.2 Å². The lowest BCUT2D eigenvalue weighted by Gasteiger charge is -2.21. The van der Waals surface area contributed by atoms with Crippen LogP contribution in [0.1, 0.15) is 53.0 Å². The predicted molar refractivity (Wildman–Crippen MR) is 104 cm³/mol. The maximum Gasteiger partial charge on any atom is 0.408 e. The van der Waals surface area contributed by atoms with Gasteiger partial charge in [-0.1, -0.05) is 19.4 Å². The zero-order valence-corrected chi connectivity index (χ0v) is 17.2. The molecule has 0 fully saturated rings. The Morgan fingerprint density at radius 2 is 1.89 bits per heavy atom. The van der Waals surface area contributed by atoms with Crippen LogP contribution in [0.3, 0.4) is 0 Å². The van der Waals surface area contributed by atoms with Crippen LogP contribution in [0, 0.1) is 0 Å². The van der Waals surface area contributed by atoms with E-state index < -0.39 is 17.7 Å². The number of rotatable bonds is 9. The van der Waals surface area contributed by atoms with Crippen LogP contribution in [-0.2, 0) is 16.1 Å². The fraction of sp³-hybridized carbons (Fsp3) is 0.600. The smallest absolute Gasteiger partial charge is 0.408 e. The van der Waals surface area contributed by atoms with E-state index in [0.717, 1.165) is 18.4 Å². The molecule has 0 aliphatic rings. The quantitative estimate of drug-likeness (QED) is 0.641. The summed E-state index contributed by atoms with van der Waals surface area (Å²) in [5.41, 5.74) is 0.255. The van der Waals surface area contributed by atoms with E-state index in [1.807, 2.05) is 18.2 Å². The number of unbranched alkanes of at least 4 members (excludes halogenated alkanes) is 1. The maximum absolute atomic E-state index is 12.2.